The molecule has 1 aromatic rings. The second kappa shape index (κ2) is 6.59. The molecular weight excluding hydrogens is 246 g/mol. The Morgan fingerprint density at radius 3 is 2.35 bits per heavy atom. The second-order valence-electron chi connectivity index (χ2n) is 6.08. The Morgan fingerprint density at radius 1 is 1.20 bits per heavy atom. The normalized spacial score (nSPS) is 25.8. The highest BCUT2D eigenvalue weighted by atomic mass is 15.3. The maximum Gasteiger partial charge on any atom is 0.0415 e. The summed E-state index contributed by atoms with van der Waals surface area (Å²) < 4.78 is 0. The van der Waals surface area contributed by atoms with E-state index in [1.807, 2.05) is 0 Å². The van der Waals surface area contributed by atoms with Crippen molar-refractivity contribution in [3.05, 3.63) is 29.8 Å². The predicted molar refractivity (Wildman–Crippen MR) is 87.4 cm³/mol. The molecule has 2 rings (SSSR count). The molecule has 1 N–H and O–H groups in total. The molecular formula is C17H29N3. The van der Waals surface area contributed by atoms with Crippen LogP contribution in [-0.4, -0.2) is 44.2 Å². The van der Waals surface area contributed by atoms with Gasteiger partial charge < -0.3 is 10.2 Å². The molecule has 3 atom stereocenters. The van der Waals surface area contributed by atoms with Gasteiger partial charge >= 0.3 is 0 Å². The number of piperazine rings is 1. The summed E-state index contributed by atoms with van der Waals surface area (Å²) in [7, 11) is 4.29. The second-order valence-corrected chi connectivity index (χ2v) is 6.08. The molecule has 3 heteroatoms. The third kappa shape index (κ3) is 2.99. The maximum atomic E-state index is 3.44. The van der Waals surface area contributed by atoms with Gasteiger partial charge in [-0.25, -0.2) is 0 Å². The first kappa shape index (κ1) is 15.3. The van der Waals surface area contributed by atoms with Crippen LogP contribution in [0.3, 0.4) is 0 Å². The van der Waals surface area contributed by atoms with Gasteiger partial charge in [0, 0.05) is 36.9 Å². The van der Waals surface area contributed by atoms with Crippen molar-refractivity contribution in [1.82, 2.24) is 10.2 Å². The molecule has 1 aliphatic rings. The van der Waals surface area contributed by atoms with Crippen LogP contribution in [-0.2, 0) is 0 Å². The number of nitrogens with one attached hydrogen (secondary N) is 1. The summed E-state index contributed by atoms with van der Waals surface area (Å²) in [5, 5.41) is 3.44. The van der Waals surface area contributed by atoms with Crippen LogP contribution in [0, 0.1) is 0 Å². The van der Waals surface area contributed by atoms with E-state index in [9.17, 15) is 0 Å². The van der Waals surface area contributed by atoms with Crippen molar-refractivity contribution in [2.45, 2.75) is 45.3 Å². The third-order valence-corrected chi connectivity index (χ3v) is 4.77. The first-order chi connectivity index (χ1) is 9.58. The topological polar surface area (TPSA) is 18.5 Å². The Kier molecular flexibility index (Phi) is 5.06. The lowest BCUT2D eigenvalue weighted by Crippen LogP contribution is -2.55. The van der Waals surface area contributed by atoms with Gasteiger partial charge in [0.15, 0.2) is 0 Å². The SMILES string of the molecule is CCC(NC)c1ccccc1N1CC(C)N(C)C(C)C1. The highest BCUT2D eigenvalue weighted by Gasteiger charge is 2.28. The molecule has 0 saturated carbocycles. The van der Waals surface area contributed by atoms with Crippen LogP contribution in [0.1, 0.15) is 38.8 Å². The Bertz CT molecular complexity index is 416. The number of anilines is 1. The van der Waals surface area contributed by atoms with Crippen molar-refractivity contribution < 1.29 is 0 Å². The van der Waals surface area contributed by atoms with E-state index in [2.05, 4.69) is 74.2 Å². The minimum Gasteiger partial charge on any atom is -0.368 e. The zero-order valence-electron chi connectivity index (χ0n) is 13.6. The van der Waals surface area contributed by atoms with Crippen molar-refractivity contribution in [2.24, 2.45) is 0 Å². The number of hydrogen-bond donors (Lipinski definition) is 1. The van der Waals surface area contributed by atoms with Crippen LogP contribution in [0.25, 0.3) is 0 Å². The quantitative estimate of drug-likeness (QED) is 0.911. The molecule has 1 saturated heterocycles. The van der Waals surface area contributed by atoms with Gasteiger partial charge in [-0.2, -0.15) is 0 Å². The fourth-order valence-corrected chi connectivity index (χ4v) is 3.25. The van der Waals surface area contributed by atoms with Gasteiger partial charge in [-0.05, 0) is 46.0 Å². The summed E-state index contributed by atoms with van der Waals surface area (Å²) in [6.45, 7) is 9.10. The largest absolute Gasteiger partial charge is 0.368 e. The molecule has 0 bridgehead atoms. The number of rotatable bonds is 4. The molecule has 3 nitrogen and oxygen atoms in total. The average Bonchev–Trinajstić information content (AvgIpc) is 2.46. The number of para-hydroxylation sites is 1. The summed E-state index contributed by atoms with van der Waals surface area (Å²) in [6.07, 6.45) is 1.12. The molecule has 0 aromatic heterocycles. The lowest BCUT2D eigenvalue weighted by atomic mass is 9.99. The number of nitrogens with zero attached hydrogens (tertiary/aromatic N) is 2. The fourth-order valence-electron chi connectivity index (χ4n) is 3.25. The third-order valence-electron chi connectivity index (χ3n) is 4.77. The Balaban J connectivity index is 2.28. The number of likely N-dealkylation sites (N-methyl/N-ethyl adjacent to an activating group) is 1. The molecule has 1 aliphatic heterocycles. The van der Waals surface area contributed by atoms with Crippen molar-refractivity contribution in [3.8, 4) is 0 Å². The fraction of sp³-hybridized carbons (Fsp3) is 0.647. The van der Waals surface area contributed by atoms with Crippen LogP contribution in [0.4, 0.5) is 5.69 Å². The summed E-state index contributed by atoms with van der Waals surface area (Å²) in [4.78, 5) is 5.04. The maximum absolute atomic E-state index is 3.44. The zero-order valence-corrected chi connectivity index (χ0v) is 13.6. The molecule has 0 aliphatic carbocycles. The van der Waals surface area contributed by atoms with E-state index in [1.165, 1.54) is 11.3 Å². The summed E-state index contributed by atoms with van der Waals surface area (Å²) in [6, 6.07) is 10.5. The molecule has 20 heavy (non-hydrogen) atoms. The standard InChI is InChI=1S/C17H29N3/c1-6-16(18-4)15-9-7-8-10-17(15)20-11-13(2)19(5)14(3)12-20/h7-10,13-14,16,18H,6,11-12H2,1-5H3. The first-order valence-electron chi connectivity index (χ1n) is 7.81. The minimum absolute atomic E-state index is 0.441. The lowest BCUT2D eigenvalue weighted by Gasteiger charge is -2.44. The van der Waals surface area contributed by atoms with E-state index in [1.54, 1.807) is 0 Å². The van der Waals surface area contributed by atoms with Crippen LogP contribution in [0.15, 0.2) is 24.3 Å². The molecule has 112 valence electrons. The van der Waals surface area contributed by atoms with E-state index in [0.717, 1.165) is 19.5 Å². The molecule has 3 unspecified atom stereocenters. The van der Waals surface area contributed by atoms with Crippen LogP contribution < -0.4 is 10.2 Å². The zero-order chi connectivity index (χ0) is 14.7. The summed E-state index contributed by atoms with van der Waals surface area (Å²) in [5.74, 6) is 0. The monoisotopic (exact) mass is 275 g/mol. The minimum atomic E-state index is 0.441. The lowest BCUT2D eigenvalue weighted by molar-refractivity contribution is 0.170. The molecule has 0 radical (unpaired) electrons. The van der Waals surface area contributed by atoms with Gasteiger partial charge in [0.05, 0.1) is 0 Å². The van der Waals surface area contributed by atoms with Crippen LogP contribution in [0.5, 0.6) is 0 Å². The highest BCUT2D eigenvalue weighted by molar-refractivity contribution is 5.55. The van der Waals surface area contributed by atoms with Gasteiger partial charge in [-0.3, -0.25) is 4.90 Å². The smallest absolute Gasteiger partial charge is 0.0415 e. The predicted octanol–water partition coefficient (Wildman–Crippen LogP) is 2.89. The van der Waals surface area contributed by atoms with E-state index in [-0.39, 0.29) is 0 Å². The Hall–Kier alpha value is -1.06. The van der Waals surface area contributed by atoms with Gasteiger partial charge in [0.2, 0.25) is 0 Å². The summed E-state index contributed by atoms with van der Waals surface area (Å²) in [5.41, 5.74) is 2.84. The van der Waals surface area contributed by atoms with Crippen LogP contribution in [0.2, 0.25) is 0 Å². The Morgan fingerprint density at radius 2 is 1.80 bits per heavy atom. The molecule has 0 amide bonds. The first-order valence-corrected chi connectivity index (χ1v) is 7.81. The van der Waals surface area contributed by atoms with E-state index >= 15 is 0 Å². The van der Waals surface area contributed by atoms with Gasteiger partial charge in [-0.1, -0.05) is 25.1 Å². The van der Waals surface area contributed by atoms with E-state index in [4.69, 9.17) is 0 Å². The van der Waals surface area contributed by atoms with E-state index in [0.29, 0.717) is 18.1 Å². The van der Waals surface area contributed by atoms with Crippen molar-refractivity contribution >= 4 is 5.69 Å². The van der Waals surface area contributed by atoms with Crippen molar-refractivity contribution in [3.63, 3.8) is 0 Å². The van der Waals surface area contributed by atoms with E-state index < -0.39 is 0 Å². The Labute approximate surface area is 124 Å². The highest BCUT2D eigenvalue weighted by Crippen LogP contribution is 2.30. The molecule has 1 heterocycles. The molecule has 1 fully saturated rings. The van der Waals surface area contributed by atoms with Gasteiger partial charge in [0.1, 0.15) is 0 Å². The number of hydrogen-bond acceptors (Lipinski definition) is 3. The van der Waals surface area contributed by atoms with Crippen molar-refractivity contribution in [2.75, 3.05) is 32.1 Å². The molecule has 1 aromatic carbocycles. The molecule has 0 spiro atoms. The van der Waals surface area contributed by atoms with Crippen LogP contribution >= 0.6 is 0 Å². The number of benzene rings is 1. The van der Waals surface area contributed by atoms with Gasteiger partial charge in [0.25, 0.3) is 0 Å². The summed E-state index contributed by atoms with van der Waals surface area (Å²) >= 11 is 0. The average molecular weight is 275 g/mol. The van der Waals surface area contributed by atoms with Crippen molar-refractivity contribution in [1.29, 1.82) is 0 Å². The van der Waals surface area contributed by atoms with Gasteiger partial charge in [-0.15, -0.1) is 0 Å².